The van der Waals surface area contributed by atoms with E-state index in [2.05, 4.69) is 18.1 Å². The lowest BCUT2D eigenvalue weighted by molar-refractivity contribution is -0.0505. The first-order valence-electron chi connectivity index (χ1n) is 8.94. The zero-order chi connectivity index (χ0) is 19.3. The minimum Gasteiger partial charge on any atom is -0.508 e. The number of fused-ring (bicyclic) bond motifs is 5. The second-order valence-electron chi connectivity index (χ2n) is 8.11. The molecule has 0 aliphatic heterocycles. The summed E-state index contributed by atoms with van der Waals surface area (Å²) in [4.78, 5) is 0. The largest absolute Gasteiger partial charge is 0.508 e. The maximum Gasteiger partial charge on any atom is 0.330 e. The van der Waals surface area contributed by atoms with Crippen LogP contribution in [0.4, 0.5) is 0 Å². The Kier molecular flexibility index (Phi) is 5.09. The Balaban J connectivity index is 0.000000349. The number of nitrogens with two attached hydrogens (primary N) is 1. The molecule has 3 aliphatic carbocycles. The van der Waals surface area contributed by atoms with Crippen molar-refractivity contribution in [3.63, 3.8) is 0 Å². The topological polar surface area (TPSA) is 141 Å². The molecule has 8 heteroatoms. The van der Waals surface area contributed by atoms with Crippen LogP contribution >= 0.6 is 0 Å². The van der Waals surface area contributed by atoms with Gasteiger partial charge in [-0.1, -0.05) is 13.0 Å². The van der Waals surface area contributed by atoms with Crippen LogP contribution in [0.3, 0.4) is 0 Å². The molecular formula is C18H27NO6S. The zero-order valence-corrected chi connectivity index (χ0v) is 15.6. The van der Waals surface area contributed by atoms with Crippen molar-refractivity contribution in [2.45, 2.75) is 57.2 Å². The van der Waals surface area contributed by atoms with E-state index in [1.165, 1.54) is 11.1 Å². The number of phenols is 1. The number of aromatic hydroxyl groups is 1. The SMILES string of the molecule is C[C@]12CC[C@@H]3c4ccc(O)cc4CC[C@H]3[C@@H]1C[C@@H](O)[C@@H]2O.NS(=O)(=O)O. The van der Waals surface area contributed by atoms with Crippen molar-refractivity contribution in [3.05, 3.63) is 29.3 Å². The highest BCUT2D eigenvalue weighted by molar-refractivity contribution is 7.83. The molecule has 0 amide bonds. The average molecular weight is 385 g/mol. The third kappa shape index (κ3) is 3.61. The molecule has 1 aromatic rings. The number of aliphatic hydroxyl groups excluding tert-OH is 2. The van der Waals surface area contributed by atoms with Gasteiger partial charge in [-0.05, 0) is 78.5 Å². The van der Waals surface area contributed by atoms with Gasteiger partial charge in [0.1, 0.15) is 5.75 Å². The number of rotatable bonds is 0. The van der Waals surface area contributed by atoms with Gasteiger partial charge in [-0.2, -0.15) is 8.42 Å². The Hall–Kier alpha value is -1.19. The number of hydrogen-bond acceptors (Lipinski definition) is 5. The zero-order valence-electron chi connectivity index (χ0n) is 14.7. The normalized spacial score (nSPS) is 38.4. The third-order valence-electron chi connectivity index (χ3n) is 6.68. The molecule has 26 heavy (non-hydrogen) atoms. The van der Waals surface area contributed by atoms with Crippen LogP contribution in [0.15, 0.2) is 18.2 Å². The van der Waals surface area contributed by atoms with Crippen LogP contribution in [0.2, 0.25) is 0 Å². The van der Waals surface area contributed by atoms with Gasteiger partial charge < -0.3 is 15.3 Å². The number of hydrogen-bond donors (Lipinski definition) is 5. The van der Waals surface area contributed by atoms with Gasteiger partial charge in [-0.25, -0.2) is 5.14 Å². The van der Waals surface area contributed by atoms with Gasteiger partial charge in [0.25, 0.3) is 0 Å². The molecule has 146 valence electrons. The Morgan fingerprint density at radius 2 is 1.88 bits per heavy atom. The van der Waals surface area contributed by atoms with E-state index in [0.29, 0.717) is 23.5 Å². The third-order valence-corrected chi connectivity index (χ3v) is 6.68. The Morgan fingerprint density at radius 1 is 1.23 bits per heavy atom. The number of phenolic OH excluding ortho intramolecular Hbond substituents is 1. The predicted octanol–water partition coefficient (Wildman–Crippen LogP) is 1.33. The van der Waals surface area contributed by atoms with Gasteiger partial charge >= 0.3 is 10.3 Å². The summed E-state index contributed by atoms with van der Waals surface area (Å²) in [5.41, 5.74) is 2.57. The second-order valence-corrected chi connectivity index (χ2v) is 9.14. The Labute approximate surface area is 153 Å². The molecule has 4 rings (SSSR count). The summed E-state index contributed by atoms with van der Waals surface area (Å²) in [6, 6.07) is 5.80. The lowest BCUT2D eigenvalue weighted by Crippen LogP contribution is -2.44. The lowest BCUT2D eigenvalue weighted by Gasteiger charge is -2.49. The maximum atomic E-state index is 10.4. The molecular weight excluding hydrogens is 358 g/mol. The first kappa shape index (κ1) is 19.6. The number of aryl methyl sites for hydroxylation is 1. The number of aliphatic hydroxyl groups is 2. The molecule has 0 spiro atoms. The molecule has 0 bridgehead atoms. The molecule has 0 radical (unpaired) electrons. The maximum absolute atomic E-state index is 10.4. The van der Waals surface area contributed by atoms with E-state index >= 15 is 0 Å². The lowest BCUT2D eigenvalue weighted by atomic mass is 9.55. The molecule has 3 aliphatic rings. The summed E-state index contributed by atoms with van der Waals surface area (Å²) < 4.78 is 25.2. The van der Waals surface area contributed by atoms with E-state index in [1.54, 1.807) is 6.07 Å². The van der Waals surface area contributed by atoms with Gasteiger partial charge in [0, 0.05) is 0 Å². The van der Waals surface area contributed by atoms with Crippen LogP contribution in [0, 0.1) is 17.3 Å². The van der Waals surface area contributed by atoms with E-state index < -0.39 is 22.5 Å². The van der Waals surface area contributed by atoms with Crippen LogP contribution in [-0.2, 0) is 16.7 Å². The van der Waals surface area contributed by atoms with E-state index in [-0.39, 0.29) is 5.41 Å². The summed E-state index contributed by atoms with van der Waals surface area (Å²) in [7, 11) is -4.17. The van der Waals surface area contributed by atoms with Crippen molar-refractivity contribution < 1.29 is 28.3 Å². The summed E-state index contributed by atoms with van der Waals surface area (Å²) in [5, 5.41) is 34.1. The van der Waals surface area contributed by atoms with Crippen LogP contribution in [0.1, 0.15) is 49.7 Å². The molecule has 6 N–H and O–H groups in total. The second kappa shape index (κ2) is 6.76. The summed E-state index contributed by atoms with van der Waals surface area (Å²) in [6.45, 7) is 2.17. The van der Waals surface area contributed by atoms with Crippen molar-refractivity contribution in [1.29, 1.82) is 0 Å². The minimum absolute atomic E-state index is 0.116. The number of benzene rings is 1. The quantitative estimate of drug-likeness (QED) is 0.427. The van der Waals surface area contributed by atoms with Crippen molar-refractivity contribution >= 4 is 10.3 Å². The van der Waals surface area contributed by atoms with Crippen LogP contribution < -0.4 is 5.14 Å². The molecule has 1 aromatic carbocycles. The van der Waals surface area contributed by atoms with Crippen LogP contribution in [0.25, 0.3) is 0 Å². The van der Waals surface area contributed by atoms with Crippen LogP contribution in [-0.4, -0.2) is 40.5 Å². The Morgan fingerprint density at radius 3 is 2.54 bits per heavy atom. The van der Waals surface area contributed by atoms with Gasteiger partial charge in [0.15, 0.2) is 0 Å². The molecule has 6 atom stereocenters. The fraction of sp³-hybridized carbons (Fsp3) is 0.667. The van der Waals surface area contributed by atoms with E-state index in [0.717, 1.165) is 32.1 Å². The van der Waals surface area contributed by atoms with E-state index in [9.17, 15) is 15.3 Å². The van der Waals surface area contributed by atoms with Crippen molar-refractivity contribution in [3.8, 4) is 5.75 Å². The van der Waals surface area contributed by atoms with Crippen LogP contribution in [0.5, 0.6) is 5.75 Å². The fourth-order valence-electron chi connectivity index (χ4n) is 5.56. The minimum atomic E-state index is -4.17. The van der Waals surface area contributed by atoms with Crippen molar-refractivity contribution in [1.82, 2.24) is 0 Å². The molecule has 2 saturated carbocycles. The predicted molar refractivity (Wildman–Crippen MR) is 95.9 cm³/mol. The monoisotopic (exact) mass is 385 g/mol. The van der Waals surface area contributed by atoms with E-state index in [4.69, 9.17) is 13.0 Å². The van der Waals surface area contributed by atoms with Gasteiger partial charge in [-0.15, -0.1) is 0 Å². The van der Waals surface area contributed by atoms with Crippen molar-refractivity contribution in [2.75, 3.05) is 0 Å². The molecule has 0 heterocycles. The molecule has 0 saturated heterocycles. The summed E-state index contributed by atoms with van der Waals surface area (Å²) in [6.07, 6.45) is 3.80. The highest BCUT2D eigenvalue weighted by Crippen LogP contribution is 2.60. The molecule has 0 unspecified atom stereocenters. The Bertz CT molecular complexity index is 774. The van der Waals surface area contributed by atoms with E-state index in [1.807, 2.05) is 6.07 Å². The standard InChI is InChI=1S/C18H24O3.H3NO3S/c1-18-7-6-13-12-5-3-11(19)8-10(12)2-4-14(13)15(18)9-16(20)17(18)21;1-5(2,3)4/h3,5,8,13-17,19-21H,2,4,6-7,9H2,1H3;(H3,1,2,3,4)/t13-,14-,15+,16-,17+,18+;/m1./s1. The summed E-state index contributed by atoms with van der Waals surface area (Å²) in [5.74, 6) is 1.88. The molecule has 0 aromatic heterocycles. The van der Waals surface area contributed by atoms with Gasteiger partial charge in [0.2, 0.25) is 0 Å². The van der Waals surface area contributed by atoms with Gasteiger partial charge in [0.05, 0.1) is 12.2 Å². The molecule has 7 nitrogen and oxygen atoms in total. The first-order valence-corrected chi connectivity index (χ1v) is 10.4. The first-order chi connectivity index (χ1) is 12.0. The highest BCUT2D eigenvalue weighted by Gasteiger charge is 2.57. The smallest absolute Gasteiger partial charge is 0.330 e. The molecule has 2 fully saturated rings. The average Bonchev–Trinajstić information content (AvgIpc) is 2.76. The summed E-state index contributed by atoms with van der Waals surface area (Å²) >= 11 is 0. The van der Waals surface area contributed by atoms with Crippen molar-refractivity contribution in [2.24, 2.45) is 22.4 Å². The highest BCUT2D eigenvalue weighted by atomic mass is 32.2. The van der Waals surface area contributed by atoms with Gasteiger partial charge in [-0.3, -0.25) is 4.55 Å². The fourth-order valence-corrected chi connectivity index (χ4v) is 5.56.